The Labute approximate surface area is 34.2 Å². The van der Waals surface area contributed by atoms with E-state index in [4.69, 9.17) is 5.26 Å². The van der Waals surface area contributed by atoms with Gasteiger partial charge in [-0.3, -0.25) is 0 Å². The molecule has 3 heteroatoms. The minimum Gasteiger partial charge on any atom is -0.192 e. The topological polar surface area (TPSA) is 23.8 Å². The Morgan fingerprint density at radius 1 is 1.67 bits per heavy atom. The molecule has 0 spiro atoms. The lowest BCUT2D eigenvalue weighted by molar-refractivity contribution is 0.0863. The predicted octanol–water partition coefficient (Wildman–Crippen LogP) is 1.17. The molecule has 0 saturated carbocycles. The van der Waals surface area contributed by atoms with Crippen LogP contribution in [0, 0.1) is 11.3 Å². The van der Waals surface area contributed by atoms with Crippen LogP contribution in [0.2, 0.25) is 0 Å². The van der Waals surface area contributed by atoms with Gasteiger partial charge in [-0.1, -0.05) is 0 Å². The van der Waals surface area contributed by atoms with Crippen LogP contribution in [-0.4, -0.2) is 5.92 Å². The molecule has 0 atom stereocenters. The van der Waals surface area contributed by atoms with Crippen molar-refractivity contribution >= 4 is 0 Å². The minimum atomic E-state index is -3.15. The number of alkyl halides is 2. The van der Waals surface area contributed by atoms with Crippen molar-refractivity contribution in [3.05, 3.63) is 0 Å². The van der Waals surface area contributed by atoms with Gasteiger partial charge in [0.1, 0.15) is 6.07 Å². The molecule has 0 fully saturated rings. The van der Waals surface area contributed by atoms with Crippen LogP contribution >= 0.6 is 0 Å². The normalized spacial score (nSPS) is 10.3. The summed E-state index contributed by atoms with van der Waals surface area (Å²) in [5, 5.41) is 7.40. The molecule has 1 nitrogen and oxygen atoms in total. The maximum Gasteiger partial charge on any atom is 0.329 e. The molecule has 6 heavy (non-hydrogen) atoms. The first-order chi connectivity index (χ1) is 2.56. The largest absolute Gasteiger partial charge is 0.329 e. The maximum atomic E-state index is 11.1. The first-order valence-corrected chi connectivity index (χ1v) is 1.35. The summed E-state index contributed by atoms with van der Waals surface area (Å²) >= 11 is 0. The van der Waals surface area contributed by atoms with Gasteiger partial charge in [0.2, 0.25) is 0 Å². The van der Waals surface area contributed by atoms with E-state index in [0.717, 1.165) is 6.07 Å². The summed E-state index contributed by atoms with van der Waals surface area (Å²) < 4.78 is 22.2. The smallest absolute Gasteiger partial charge is 0.192 e. The van der Waals surface area contributed by atoms with Crippen molar-refractivity contribution in [2.45, 2.75) is 12.8 Å². The van der Waals surface area contributed by atoms with E-state index in [1.54, 1.807) is 0 Å². The van der Waals surface area contributed by atoms with Crippen molar-refractivity contribution in [2.24, 2.45) is 0 Å². The van der Waals surface area contributed by atoms with Crippen molar-refractivity contribution < 1.29 is 8.78 Å². The fourth-order valence-corrected chi connectivity index (χ4v) is 0. The molecule has 0 bridgehead atoms. The van der Waals surface area contributed by atoms with Crippen LogP contribution in [0.4, 0.5) is 8.78 Å². The number of halogens is 2. The Morgan fingerprint density at radius 2 is 1.83 bits per heavy atom. The van der Waals surface area contributed by atoms with Crippen molar-refractivity contribution in [2.75, 3.05) is 0 Å². The van der Waals surface area contributed by atoms with Crippen LogP contribution in [0.1, 0.15) is 6.92 Å². The zero-order valence-corrected chi connectivity index (χ0v) is 3.20. The predicted molar refractivity (Wildman–Crippen MR) is 16.2 cm³/mol. The van der Waals surface area contributed by atoms with Gasteiger partial charge in [-0.25, -0.2) is 0 Å². The molecule has 0 aliphatic rings. The van der Waals surface area contributed by atoms with E-state index >= 15 is 0 Å². The molecule has 0 heterocycles. The molecule has 0 aliphatic heterocycles. The Morgan fingerprint density at radius 3 is 1.83 bits per heavy atom. The van der Waals surface area contributed by atoms with Crippen LogP contribution in [-0.2, 0) is 0 Å². The first-order valence-electron chi connectivity index (χ1n) is 1.35. The van der Waals surface area contributed by atoms with Gasteiger partial charge in [-0.2, -0.15) is 14.0 Å². The van der Waals surface area contributed by atoms with Gasteiger partial charge in [-0.05, 0) is 0 Å². The fraction of sp³-hybridized carbons (Fsp3) is 0.667. The Hall–Kier alpha value is -0.650. The lowest BCUT2D eigenvalue weighted by Gasteiger charge is -1.90. The van der Waals surface area contributed by atoms with Crippen molar-refractivity contribution in [1.29, 1.82) is 5.26 Å². The standard InChI is InChI=1S/C3H3F2N/c1-3(4,5)2-6/h1H3. The van der Waals surface area contributed by atoms with E-state index in [2.05, 4.69) is 0 Å². The van der Waals surface area contributed by atoms with Gasteiger partial charge in [-0.15, -0.1) is 0 Å². The second-order valence-corrected chi connectivity index (χ2v) is 1.00. The van der Waals surface area contributed by atoms with E-state index in [9.17, 15) is 8.78 Å². The van der Waals surface area contributed by atoms with Gasteiger partial charge in [0, 0.05) is 6.92 Å². The molecular weight excluding hydrogens is 88.0 g/mol. The molecule has 0 amide bonds. The number of nitrogens with zero attached hydrogens (tertiary/aromatic N) is 1. The summed E-state index contributed by atoms with van der Waals surface area (Å²) in [5.41, 5.74) is 0. The number of nitriles is 1. The molecule has 34 valence electrons. The highest BCUT2D eigenvalue weighted by Gasteiger charge is 2.17. The molecule has 0 aliphatic carbocycles. The first kappa shape index (κ1) is 5.35. The molecule has 0 unspecified atom stereocenters. The number of rotatable bonds is 0. The average Bonchev–Trinajstić information content (AvgIpc) is 1.35. The van der Waals surface area contributed by atoms with Gasteiger partial charge in [0.15, 0.2) is 0 Å². The van der Waals surface area contributed by atoms with Gasteiger partial charge < -0.3 is 0 Å². The Bertz CT molecular complexity index is 75.8. The summed E-state index contributed by atoms with van der Waals surface area (Å²) in [4.78, 5) is 0. The second kappa shape index (κ2) is 1.21. The van der Waals surface area contributed by atoms with E-state index in [1.807, 2.05) is 0 Å². The van der Waals surface area contributed by atoms with Crippen molar-refractivity contribution in [3.63, 3.8) is 0 Å². The molecular formula is C3H3F2N. The van der Waals surface area contributed by atoms with Crippen molar-refractivity contribution in [1.82, 2.24) is 0 Å². The second-order valence-electron chi connectivity index (χ2n) is 1.00. The summed E-state index contributed by atoms with van der Waals surface area (Å²) in [5.74, 6) is -3.15. The van der Waals surface area contributed by atoms with Gasteiger partial charge in [0.25, 0.3) is 0 Å². The molecule has 0 N–H and O–H groups in total. The SMILES string of the molecule is CC(F)(F)C#N. The van der Waals surface area contributed by atoms with Crippen LogP contribution in [0.15, 0.2) is 0 Å². The Kier molecular flexibility index (Phi) is 1.08. The monoisotopic (exact) mass is 91.0 g/mol. The minimum absolute atomic E-state index is 0.549. The molecule has 0 aromatic rings. The Balaban J connectivity index is 3.55. The van der Waals surface area contributed by atoms with E-state index < -0.39 is 5.92 Å². The average molecular weight is 91.1 g/mol. The molecule has 0 aromatic heterocycles. The zero-order valence-electron chi connectivity index (χ0n) is 3.20. The highest BCUT2D eigenvalue weighted by Crippen LogP contribution is 2.06. The van der Waals surface area contributed by atoms with E-state index in [-0.39, 0.29) is 0 Å². The summed E-state index contributed by atoms with van der Waals surface area (Å²) in [6.45, 7) is 0.549. The lowest BCUT2D eigenvalue weighted by Crippen LogP contribution is -2.02. The van der Waals surface area contributed by atoms with Crippen LogP contribution < -0.4 is 0 Å². The molecule has 0 radical (unpaired) electrons. The van der Waals surface area contributed by atoms with Crippen molar-refractivity contribution in [3.8, 4) is 6.07 Å². The highest BCUT2D eigenvalue weighted by molar-refractivity contribution is 4.86. The number of hydrogen-bond acceptors (Lipinski definition) is 1. The third-order valence-electron chi connectivity index (χ3n) is 0.196. The summed E-state index contributed by atoms with van der Waals surface area (Å²) in [6, 6.07) is 0.771. The summed E-state index contributed by atoms with van der Waals surface area (Å²) in [7, 11) is 0. The van der Waals surface area contributed by atoms with E-state index in [0.29, 0.717) is 6.92 Å². The number of hydrogen-bond donors (Lipinski definition) is 0. The zero-order chi connectivity index (χ0) is 5.21. The van der Waals surface area contributed by atoms with Crippen LogP contribution in [0.5, 0.6) is 0 Å². The lowest BCUT2D eigenvalue weighted by atomic mass is 10.5. The van der Waals surface area contributed by atoms with Gasteiger partial charge >= 0.3 is 5.92 Å². The maximum absolute atomic E-state index is 11.1. The fourth-order valence-electron chi connectivity index (χ4n) is 0. The van der Waals surface area contributed by atoms with Crippen LogP contribution in [0.3, 0.4) is 0 Å². The third kappa shape index (κ3) is 3.35. The molecule has 0 aromatic carbocycles. The highest BCUT2D eigenvalue weighted by atomic mass is 19.3. The third-order valence-corrected chi connectivity index (χ3v) is 0.196. The van der Waals surface area contributed by atoms with Gasteiger partial charge in [0.05, 0.1) is 0 Å². The molecule has 0 rings (SSSR count). The quantitative estimate of drug-likeness (QED) is 0.439. The molecule has 0 saturated heterocycles. The summed E-state index contributed by atoms with van der Waals surface area (Å²) in [6.07, 6.45) is 0. The van der Waals surface area contributed by atoms with Crippen LogP contribution in [0.25, 0.3) is 0 Å². The van der Waals surface area contributed by atoms with E-state index in [1.165, 1.54) is 0 Å².